The summed E-state index contributed by atoms with van der Waals surface area (Å²) in [6.07, 6.45) is 1.000. The van der Waals surface area contributed by atoms with Crippen LogP contribution < -0.4 is 10.5 Å². The van der Waals surface area contributed by atoms with Crippen molar-refractivity contribution < 1.29 is 23.0 Å². The fourth-order valence-corrected chi connectivity index (χ4v) is 3.96. The Balaban J connectivity index is 1.66. The monoisotopic (exact) mass is 422 g/mol. The predicted molar refractivity (Wildman–Crippen MR) is 103 cm³/mol. The van der Waals surface area contributed by atoms with Crippen molar-refractivity contribution in [2.45, 2.75) is 38.0 Å². The van der Waals surface area contributed by atoms with E-state index in [1.165, 1.54) is 12.5 Å². The van der Waals surface area contributed by atoms with Crippen LogP contribution in [0.2, 0.25) is 0 Å². The Morgan fingerprint density at radius 2 is 2.00 bits per heavy atom. The smallest absolute Gasteiger partial charge is 0.321 e. The largest absolute Gasteiger partial charge is 0.441 e. The zero-order valence-electron chi connectivity index (χ0n) is 16.6. The summed E-state index contributed by atoms with van der Waals surface area (Å²) in [6.45, 7) is 5.07. The van der Waals surface area contributed by atoms with E-state index in [2.05, 4.69) is 31.8 Å². The average molecular weight is 422 g/mol. The van der Waals surface area contributed by atoms with Crippen LogP contribution in [0, 0.1) is 0 Å². The molecule has 9 nitrogen and oxygen atoms in total. The highest BCUT2D eigenvalue weighted by Crippen LogP contribution is 2.34. The van der Waals surface area contributed by atoms with Crippen molar-refractivity contribution in [1.29, 1.82) is 0 Å². The summed E-state index contributed by atoms with van der Waals surface area (Å²) >= 11 is 0. The van der Waals surface area contributed by atoms with E-state index in [4.69, 9.17) is 19.9 Å². The Labute approximate surface area is 172 Å². The molecule has 1 atom stereocenters. The van der Waals surface area contributed by atoms with Gasteiger partial charge in [0.25, 0.3) is 6.43 Å². The molecule has 0 radical (unpaired) electrons. The highest BCUT2D eigenvalue weighted by Gasteiger charge is 2.44. The van der Waals surface area contributed by atoms with Crippen molar-refractivity contribution in [2.75, 3.05) is 38.7 Å². The van der Waals surface area contributed by atoms with Gasteiger partial charge in [0.2, 0.25) is 0 Å². The third-order valence-corrected chi connectivity index (χ3v) is 5.43. The standard InChI is InChI=1S/C19H24F2N6O3/c1-12-10-29-7-4-27(12)19(2-5-28-6-3-19)30-18-25-11-24-17(26-18)14-9-23-15(22)8-13(14)16(20)21/h8-9,11-12,16H,2-7,10H2,1H3,(H2,22,23)/t12-/m1/s1. The first-order valence-corrected chi connectivity index (χ1v) is 9.83. The molecule has 2 saturated heterocycles. The third-order valence-electron chi connectivity index (χ3n) is 5.43. The van der Waals surface area contributed by atoms with Crippen LogP contribution in [0.5, 0.6) is 6.01 Å². The molecule has 2 aliphatic heterocycles. The molecule has 30 heavy (non-hydrogen) atoms. The molecule has 4 heterocycles. The van der Waals surface area contributed by atoms with Gasteiger partial charge in [0.05, 0.1) is 26.4 Å². The van der Waals surface area contributed by atoms with Crippen LogP contribution in [-0.2, 0) is 9.47 Å². The highest BCUT2D eigenvalue weighted by atomic mass is 19.3. The van der Waals surface area contributed by atoms with E-state index >= 15 is 0 Å². The number of nitrogens with zero attached hydrogens (tertiary/aromatic N) is 5. The molecule has 2 fully saturated rings. The van der Waals surface area contributed by atoms with Gasteiger partial charge in [-0.15, -0.1) is 0 Å². The van der Waals surface area contributed by atoms with E-state index in [0.29, 0.717) is 45.8 Å². The number of aromatic nitrogens is 4. The molecular weight excluding hydrogens is 398 g/mol. The van der Waals surface area contributed by atoms with Crippen LogP contribution in [0.15, 0.2) is 18.6 Å². The average Bonchev–Trinajstić information content (AvgIpc) is 2.75. The summed E-state index contributed by atoms with van der Waals surface area (Å²) in [4.78, 5) is 18.7. The molecule has 0 aliphatic carbocycles. The normalized spacial score (nSPS) is 22.2. The first-order valence-electron chi connectivity index (χ1n) is 9.83. The summed E-state index contributed by atoms with van der Waals surface area (Å²) in [5.74, 6) is 0.0575. The molecule has 0 unspecified atom stereocenters. The number of halogens is 2. The second-order valence-electron chi connectivity index (χ2n) is 7.37. The number of hydrogen-bond donors (Lipinski definition) is 1. The fourth-order valence-electron chi connectivity index (χ4n) is 3.96. The zero-order chi connectivity index (χ0) is 21.1. The summed E-state index contributed by atoms with van der Waals surface area (Å²) < 4.78 is 44.4. The molecule has 0 amide bonds. The predicted octanol–water partition coefficient (Wildman–Crippen LogP) is 2.06. The number of pyridine rings is 1. The fraction of sp³-hybridized carbons (Fsp3) is 0.579. The van der Waals surface area contributed by atoms with Crippen molar-refractivity contribution >= 4 is 5.82 Å². The number of nitrogen functional groups attached to an aromatic ring is 1. The third kappa shape index (κ3) is 4.18. The Bertz CT molecular complexity index is 881. The van der Waals surface area contributed by atoms with Gasteiger partial charge in [-0.1, -0.05) is 0 Å². The van der Waals surface area contributed by atoms with E-state index in [9.17, 15) is 8.78 Å². The Hall–Kier alpha value is -2.50. The topological polar surface area (TPSA) is 109 Å². The quantitative estimate of drug-likeness (QED) is 0.774. The first-order chi connectivity index (χ1) is 14.5. The second kappa shape index (κ2) is 8.70. The van der Waals surface area contributed by atoms with E-state index in [-0.39, 0.29) is 34.8 Å². The number of alkyl halides is 2. The maximum Gasteiger partial charge on any atom is 0.321 e. The van der Waals surface area contributed by atoms with Crippen LogP contribution in [0.25, 0.3) is 11.4 Å². The number of rotatable bonds is 5. The van der Waals surface area contributed by atoms with Gasteiger partial charge in [0.1, 0.15) is 12.1 Å². The summed E-state index contributed by atoms with van der Waals surface area (Å²) in [5.41, 5.74) is 4.70. The number of anilines is 1. The van der Waals surface area contributed by atoms with Crippen LogP contribution >= 0.6 is 0 Å². The minimum absolute atomic E-state index is 0.00189. The van der Waals surface area contributed by atoms with Gasteiger partial charge in [-0.05, 0) is 13.0 Å². The second-order valence-corrected chi connectivity index (χ2v) is 7.37. The first kappa shape index (κ1) is 20.8. The van der Waals surface area contributed by atoms with Crippen molar-refractivity contribution in [1.82, 2.24) is 24.8 Å². The molecule has 2 aliphatic rings. The van der Waals surface area contributed by atoms with Gasteiger partial charge in [-0.3, -0.25) is 4.90 Å². The van der Waals surface area contributed by atoms with Crippen LogP contribution in [0.1, 0.15) is 31.8 Å². The molecule has 2 aromatic rings. The lowest BCUT2D eigenvalue weighted by Gasteiger charge is -2.49. The molecule has 0 bridgehead atoms. The summed E-state index contributed by atoms with van der Waals surface area (Å²) in [5, 5.41) is 0. The summed E-state index contributed by atoms with van der Waals surface area (Å²) in [6, 6.07) is 1.34. The molecular formula is C19H24F2N6O3. The Morgan fingerprint density at radius 3 is 2.73 bits per heavy atom. The lowest BCUT2D eigenvalue weighted by molar-refractivity contribution is -0.187. The molecule has 11 heteroatoms. The van der Waals surface area contributed by atoms with Crippen molar-refractivity contribution in [3.05, 3.63) is 24.2 Å². The maximum absolute atomic E-state index is 13.5. The summed E-state index contributed by atoms with van der Waals surface area (Å²) in [7, 11) is 0. The number of nitrogens with two attached hydrogens (primary N) is 1. The lowest BCUT2D eigenvalue weighted by atomic mass is 9.99. The van der Waals surface area contributed by atoms with E-state index in [0.717, 1.165) is 6.07 Å². The van der Waals surface area contributed by atoms with Gasteiger partial charge in [0.15, 0.2) is 11.5 Å². The number of hydrogen-bond acceptors (Lipinski definition) is 9. The highest BCUT2D eigenvalue weighted by molar-refractivity contribution is 5.61. The van der Waals surface area contributed by atoms with E-state index < -0.39 is 12.2 Å². The minimum Gasteiger partial charge on any atom is -0.441 e. The van der Waals surface area contributed by atoms with Gasteiger partial charge >= 0.3 is 6.01 Å². The molecule has 0 spiro atoms. The van der Waals surface area contributed by atoms with Crippen LogP contribution in [0.4, 0.5) is 14.6 Å². The van der Waals surface area contributed by atoms with Gasteiger partial charge in [-0.2, -0.15) is 9.97 Å². The SMILES string of the molecule is C[C@@H]1COCCN1C1(Oc2ncnc(-c3cnc(N)cc3C(F)F)n2)CCOCC1. The molecule has 0 aromatic carbocycles. The van der Waals surface area contributed by atoms with E-state index in [1.807, 2.05) is 0 Å². The number of morpholine rings is 1. The number of ether oxygens (including phenoxy) is 3. The van der Waals surface area contributed by atoms with Gasteiger partial charge < -0.3 is 19.9 Å². The van der Waals surface area contributed by atoms with Crippen LogP contribution in [0.3, 0.4) is 0 Å². The molecule has 4 rings (SSSR count). The molecule has 2 N–H and O–H groups in total. The maximum atomic E-state index is 13.5. The lowest BCUT2D eigenvalue weighted by Crippen LogP contribution is -2.62. The van der Waals surface area contributed by atoms with Crippen LogP contribution in [-0.4, -0.2) is 69.6 Å². The minimum atomic E-state index is -2.75. The molecule has 0 saturated carbocycles. The van der Waals surface area contributed by atoms with Gasteiger partial charge in [0, 0.05) is 42.8 Å². The zero-order valence-corrected chi connectivity index (χ0v) is 16.6. The van der Waals surface area contributed by atoms with Crippen molar-refractivity contribution in [3.63, 3.8) is 0 Å². The van der Waals surface area contributed by atoms with Gasteiger partial charge in [-0.25, -0.2) is 18.7 Å². The van der Waals surface area contributed by atoms with Crippen molar-refractivity contribution in [3.8, 4) is 17.4 Å². The Kier molecular flexibility index (Phi) is 6.02. The van der Waals surface area contributed by atoms with E-state index in [1.54, 1.807) is 0 Å². The van der Waals surface area contributed by atoms with Crippen molar-refractivity contribution in [2.24, 2.45) is 0 Å². The molecule has 162 valence electrons. The Morgan fingerprint density at radius 1 is 1.20 bits per heavy atom. The molecule has 2 aromatic heterocycles.